The van der Waals surface area contributed by atoms with Crippen LogP contribution in [0.25, 0.3) is 0 Å². The number of benzene rings is 1. The van der Waals surface area contributed by atoms with Crippen molar-refractivity contribution in [2.75, 3.05) is 0 Å². The molecule has 1 atom stereocenters. The van der Waals surface area contributed by atoms with E-state index in [9.17, 15) is 5.11 Å². The largest absolute Gasteiger partial charge is 0.384 e. The van der Waals surface area contributed by atoms with Crippen LogP contribution in [0.15, 0.2) is 42.6 Å². The van der Waals surface area contributed by atoms with Gasteiger partial charge in [-0.2, -0.15) is 0 Å². The predicted octanol–water partition coefficient (Wildman–Crippen LogP) is 3.74. The van der Waals surface area contributed by atoms with Crippen LogP contribution in [0, 0.1) is 6.92 Å². The summed E-state index contributed by atoms with van der Waals surface area (Å²) in [4.78, 5) is 4.23. The van der Waals surface area contributed by atoms with E-state index >= 15 is 0 Å². The zero-order valence-corrected chi connectivity index (χ0v) is 11.2. The van der Waals surface area contributed by atoms with Crippen molar-refractivity contribution in [1.29, 1.82) is 0 Å². The van der Waals surface area contributed by atoms with Gasteiger partial charge in [-0.05, 0) is 42.9 Å². The topological polar surface area (TPSA) is 33.1 Å². The predicted molar refractivity (Wildman–Crippen MR) is 76.1 cm³/mol. The maximum Gasteiger partial charge on any atom is 0.106 e. The average Bonchev–Trinajstić information content (AvgIpc) is 2.37. The second-order valence-corrected chi connectivity index (χ2v) is 5.38. The second-order valence-electron chi connectivity index (χ2n) is 5.38. The smallest absolute Gasteiger partial charge is 0.106 e. The Kier molecular flexibility index (Phi) is 3.34. The van der Waals surface area contributed by atoms with E-state index in [4.69, 9.17) is 0 Å². The standard InChI is InChI=1S/C17H19NO/c1-12-16(6-3-11-18-12)17(19)15-9-7-14(8-10-15)13-4-2-5-13/h3,6-11,13,17,19H,2,4-5H2,1H3. The van der Waals surface area contributed by atoms with Gasteiger partial charge in [0.25, 0.3) is 0 Å². The van der Waals surface area contributed by atoms with Crippen LogP contribution >= 0.6 is 0 Å². The first-order valence-corrected chi connectivity index (χ1v) is 6.95. The number of hydrogen-bond donors (Lipinski definition) is 1. The Labute approximate surface area is 114 Å². The fourth-order valence-electron chi connectivity index (χ4n) is 2.66. The van der Waals surface area contributed by atoms with Crippen molar-refractivity contribution in [1.82, 2.24) is 4.98 Å². The number of rotatable bonds is 3. The van der Waals surface area contributed by atoms with Crippen molar-refractivity contribution in [3.05, 3.63) is 65.0 Å². The molecule has 19 heavy (non-hydrogen) atoms. The average molecular weight is 253 g/mol. The SMILES string of the molecule is Cc1ncccc1C(O)c1ccc(C2CCC2)cc1. The maximum atomic E-state index is 10.4. The summed E-state index contributed by atoms with van der Waals surface area (Å²) in [6.45, 7) is 1.93. The Morgan fingerprint density at radius 2 is 1.89 bits per heavy atom. The molecule has 3 rings (SSSR count). The molecule has 0 spiro atoms. The van der Waals surface area contributed by atoms with Crippen molar-refractivity contribution in [3.8, 4) is 0 Å². The van der Waals surface area contributed by atoms with Crippen LogP contribution in [-0.4, -0.2) is 10.1 Å². The highest BCUT2D eigenvalue weighted by molar-refractivity contribution is 5.34. The van der Waals surface area contributed by atoms with Crippen LogP contribution in [0.5, 0.6) is 0 Å². The van der Waals surface area contributed by atoms with Gasteiger partial charge in [-0.25, -0.2) is 0 Å². The molecule has 0 saturated heterocycles. The Morgan fingerprint density at radius 1 is 1.16 bits per heavy atom. The lowest BCUT2D eigenvalue weighted by molar-refractivity contribution is 0.219. The van der Waals surface area contributed by atoms with Crippen molar-refractivity contribution < 1.29 is 5.11 Å². The van der Waals surface area contributed by atoms with Gasteiger partial charge in [0.15, 0.2) is 0 Å². The lowest BCUT2D eigenvalue weighted by Crippen LogP contribution is -2.09. The molecule has 0 amide bonds. The van der Waals surface area contributed by atoms with Gasteiger partial charge < -0.3 is 5.11 Å². The van der Waals surface area contributed by atoms with E-state index in [0.717, 1.165) is 22.7 Å². The van der Waals surface area contributed by atoms with Crippen molar-refractivity contribution in [3.63, 3.8) is 0 Å². The first kappa shape index (κ1) is 12.4. The summed E-state index contributed by atoms with van der Waals surface area (Å²) in [7, 11) is 0. The van der Waals surface area contributed by atoms with Gasteiger partial charge in [0.1, 0.15) is 6.10 Å². The van der Waals surface area contributed by atoms with Gasteiger partial charge >= 0.3 is 0 Å². The number of pyridine rings is 1. The minimum atomic E-state index is -0.579. The number of aliphatic hydroxyl groups is 1. The number of aryl methyl sites for hydroxylation is 1. The molecule has 1 unspecified atom stereocenters. The Hall–Kier alpha value is -1.67. The van der Waals surface area contributed by atoms with Crippen molar-refractivity contribution >= 4 is 0 Å². The van der Waals surface area contributed by atoms with Crippen LogP contribution < -0.4 is 0 Å². The molecule has 2 heteroatoms. The normalized spacial score (nSPS) is 16.9. The highest BCUT2D eigenvalue weighted by atomic mass is 16.3. The van der Waals surface area contributed by atoms with Gasteiger partial charge in [0, 0.05) is 17.5 Å². The fourth-order valence-corrected chi connectivity index (χ4v) is 2.66. The lowest BCUT2D eigenvalue weighted by Gasteiger charge is -2.26. The summed E-state index contributed by atoms with van der Waals surface area (Å²) >= 11 is 0. The molecular formula is C17H19NO. The molecule has 1 fully saturated rings. The van der Waals surface area contributed by atoms with Crippen LogP contribution in [-0.2, 0) is 0 Å². The van der Waals surface area contributed by atoms with Gasteiger partial charge in [0.2, 0.25) is 0 Å². The molecule has 1 aliphatic rings. The molecule has 1 N–H and O–H groups in total. The van der Waals surface area contributed by atoms with E-state index in [0.29, 0.717) is 0 Å². The van der Waals surface area contributed by atoms with E-state index in [-0.39, 0.29) is 0 Å². The lowest BCUT2D eigenvalue weighted by atomic mass is 9.80. The molecule has 98 valence electrons. The van der Waals surface area contributed by atoms with Gasteiger partial charge in [-0.15, -0.1) is 0 Å². The van der Waals surface area contributed by atoms with Crippen molar-refractivity contribution in [2.45, 2.75) is 38.2 Å². The zero-order chi connectivity index (χ0) is 13.2. The highest BCUT2D eigenvalue weighted by Crippen LogP contribution is 2.36. The number of aromatic nitrogens is 1. The molecule has 1 aromatic heterocycles. The minimum Gasteiger partial charge on any atom is -0.384 e. The van der Waals surface area contributed by atoms with E-state index in [1.807, 2.05) is 31.2 Å². The molecule has 0 bridgehead atoms. The van der Waals surface area contributed by atoms with E-state index in [1.54, 1.807) is 6.20 Å². The van der Waals surface area contributed by atoms with Gasteiger partial charge in [-0.3, -0.25) is 4.98 Å². The highest BCUT2D eigenvalue weighted by Gasteiger charge is 2.20. The van der Waals surface area contributed by atoms with E-state index in [1.165, 1.54) is 24.8 Å². The molecule has 0 aliphatic heterocycles. The van der Waals surface area contributed by atoms with Crippen LogP contribution in [0.2, 0.25) is 0 Å². The van der Waals surface area contributed by atoms with Crippen LogP contribution in [0.1, 0.15) is 53.7 Å². The summed E-state index contributed by atoms with van der Waals surface area (Å²) < 4.78 is 0. The maximum absolute atomic E-state index is 10.4. The summed E-state index contributed by atoms with van der Waals surface area (Å²) in [6.07, 6.45) is 5.15. The van der Waals surface area contributed by atoms with Gasteiger partial charge in [0.05, 0.1) is 0 Å². The first-order chi connectivity index (χ1) is 9.25. The van der Waals surface area contributed by atoms with E-state index in [2.05, 4.69) is 17.1 Å². The molecule has 0 radical (unpaired) electrons. The van der Waals surface area contributed by atoms with E-state index < -0.39 is 6.10 Å². The molecule has 1 aliphatic carbocycles. The summed E-state index contributed by atoms with van der Waals surface area (Å²) in [5.74, 6) is 0.742. The monoisotopic (exact) mass is 253 g/mol. The number of aliphatic hydroxyl groups excluding tert-OH is 1. The summed E-state index contributed by atoms with van der Waals surface area (Å²) in [6, 6.07) is 12.2. The first-order valence-electron chi connectivity index (χ1n) is 6.95. The Morgan fingerprint density at radius 3 is 2.47 bits per heavy atom. The molecule has 1 aromatic carbocycles. The third kappa shape index (κ3) is 2.41. The quantitative estimate of drug-likeness (QED) is 0.904. The summed E-state index contributed by atoms with van der Waals surface area (Å²) in [5, 5.41) is 10.4. The van der Waals surface area contributed by atoms with Crippen LogP contribution in [0.4, 0.5) is 0 Å². The Bertz CT molecular complexity index is 558. The number of hydrogen-bond acceptors (Lipinski definition) is 2. The Balaban J connectivity index is 1.83. The minimum absolute atomic E-state index is 0.579. The third-order valence-corrected chi connectivity index (χ3v) is 4.17. The molecule has 1 heterocycles. The molecule has 1 saturated carbocycles. The van der Waals surface area contributed by atoms with Crippen LogP contribution in [0.3, 0.4) is 0 Å². The molecular weight excluding hydrogens is 234 g/mol. The van der Waals surface area contributed by atoms with Crippen molar-refractivity contribution in [2.24, 2.45) is 0 Å². The fraction of sp³-hybridized carbons (Fsp3) is 0.353. The second kappa shape index (κ2) is 5.14. The summed E-state index contributed by atoms with van der Waals surface area (Å²) in [5.41, 5.74) is 4.13. The number of nitrogens with zero attached hydrogens (tertiary/aromatic N) is 1. The zero-order valence-electron chi connectivity index (χ0n) is 11.2. The third-order valence-electron chi connectivity index (χ3n) is 4.17. The molecule has 2 nitrogen and oxygen atoms in total. The van der Waals surface area contributed by atoms with Gasteiger partial charge in [-0.1, -0.05) is 36.8 Å². The molecule has 2 aromatic rings.